The minimum absolute atomic E-state index is 0.000805. The first-order valence-electron chi connectivity index (χ1n) is 24.9. The molecule has 12 nitrogen and oxygen atoms in total. The number of hydrogen-bond acceptors (Lipinski definition) is 8. The van der Waals surface area contributed by atoms with Crippen LogP contribution in [0.4, 0.5) is 37.7 Å². The Morgan fingerprint density at radius 2 is 1.03 bits per heavy atom. The van der Waals surface area contributed by atoms with Gasteiger partial charge in [-0.05, 0) is 118 Å². The molecule has 0 aromatic heterocycles. The lowest BCUT2D eigenvalue weighted by molar-refractivity contribution is -0.139. The summed E-state index contributed by atoms with van der Waals surface area (Å²) in [7, 11) is 0. The topological polar surface area (TPSA) is 137 Å². The molecule has 2 fully saturated rings. The molecule has 0 spiro atoms. The van der Waals surface area contributed by atoms with Gasteiger partial charge in [-0.1, -0.05) is 52.4 Å². The SMILES string of the molecule is CCC(=O)CCN1C(=O)C(C)(C)Oc2cc(C(F)(F)F)c(C(=O)N(C(C)C)C3CCCCC3)cc21.CCC(O)CCN1C(=O)C(C)(C)Oc2cc(C(F)(F)F)c(C(=O)N(C(C)C)C3CCCCC3)cc21. The summed E-state index contributed by atoms with van der Waals surface area (Å²) in [5.74, 6) is -2.60. The molecule has 390 valence electrons. The summed E-state index contributed by atoms with van der Waals surface area (Å²) in [6, 6.07) is 3.12. The van der Waals surface area contributed by atoms with Gasteiger partial charge in [0, 0.05) is 50.1 Å². The molecule has 0 bridgehead atoms. The summed E-state index contributed by atoms with van der Waals surface area (Å²) in [6.45, 7) is 16.8. The largest absolute Gasteiger partial charge is 0.476 e. The highest BCUT2D eigenvalue weighted by atomic mass is 19.4. The number of carbonyl (C=O) groups excluding carboxylic acids is 5. The molecule has 0 radical (unpaired) electrons. The van der Waals surface area contributed by atoms with Crippen LogP contribution in [0.25, 0.3) is 0 Å². The summed E-state index contributed by atoms with van der Waals surface area (Å²) in [4.78, 5) is 71.4. The fourth-order valence-electron chi connectivity index (χ4n) is 10.0. The average Bonchev–Trinajstić information content (AvgIpc) is 3.28. The number of carbonyl (C=O) groups is 5. The Balaban J connectivity index is 0.000000261. The van der Waals surface area contributed by atoms with Gasteiger partial charge in [0.15, 0.2) is 11.2 Å². The molecule has 2 saturated carbocycles. The Morgan fingerprint density at radius 1 is 0.657 bits per heavy atom. The number of hydrogen-bond donors (Lipinski definition) is 1. The lowest BCUT2D eigenvalue weighted by atomic mass is 9.92. The van der Waals surface area contributed by atoms with Gasteiger partial charge >= 0.3 is 12.4 Å². The molecule has 4 aliphatic rings. The van der Waals surface area contributed by atoms with Crippen molar-refractivity contribution in [2.75, 3.05) is 22.9 Å². The molecule has 0 saturated heterocycles. The van der Waals surface area contributed by atoms with Crippen molar-refractivity contribution in [2.45, 2.75) is 213 Å². The van der Waals surface area contributed by atoms with Gasteiger partial charge in [-0.2, -0.15) is 26.3 Å². The highest BCUT2D eigenvalue weighted by Crippen LogP contribution is 2.47. The molecule has 6 rings (SSSR count). The van der Waals surface area contributed by atoms with E-state index in [1.807, 2.05) is 20.8 Å². The van der Waals surface area contributed by atoms with Gasteiger partial charge in [0.1, 0.15) is 17.3 Å². The van der Waals surface area contributed by atoms with Crippen LogP contribution >= 0.6 is 0 Å². The van der Waals surface area contributed by atoms with E-state index in [0.717, 1.165) is 88.5 Å². The Morgan fingerprint density at radius 3 is 1.36 bits per heavy atom. The fraction of sp³-hybridized carbons (Fsp3) is 0.673. The first kappa shape index (κ1) is 56.0. The number of rotatable bonds is 14. The zero-order valence-electron chi connectivity index (χ0n) is 42.4. The minimum Gasteiger partial charge on any atom is -0.476 e. The number of ketones is 1. The molecule has 1 unspecified atom stereocenters. The molecule has 1 atom stereocenters. The third-order valence-electron chi connectivity index (χ3n) is 13.8. The van der Waals surface area contributed by atoms with E-state index >= 15 is 0 Å². The quantitative estimate of drug-likeness (QED) is 0.185. The molecule has 2 aromatic carbocycles. The number of Topliss-reactive ketones (excluding diaryl/α,β-unsaturated/α-hetero) is 1. The molecular weight excluding hydrogens is 923 g/mol. The van der Waals surface area contributed by atoms with Crippen LogP contribution in [0.15, 0.2) is 24.3 Å². The Bertz CT molecular complexity index is 2230. The maximum atomic E-state index is 14.2. The second-order valence-electron chi connectivity index (χ2n) is 20.6. The number of ether oxygens (including phenoxy) is 2. The predicted octanol–water partition coefficient (Wildman–Crippen LogP) is 11.3. The van der Waals surface area contributed by atoms with Crippen molar-refractivity contribution in [1.29, 1.82) is 0 Å². The van der Waals surface area contributed by atoms with Crippen molar-refractivity contribution in [3.8, 4) is 11.5 Å². The molecule has 4 amide bonds. The van der Waals surface area contributed by atoms with Crippen LogP contribution in [0.2, 0.25) is 0 Å². The zero-order valence-corrected chi connectivity index (χ0v) is 42.4. The zero-order chi connectivity index (χ0) is 52.3. The number of aliphatic hydroxyl groups is 1. The lowest BCUT2D eigenvalue weighted by Gasteiger charge is -2.41. The van der Waals surface area contributed by atoms with Crippen molar-refractivity contribution >= 4 is 40.8 Å². The van der Waals surface area contributed by atoms with E-state index in [4.69, 9.17) is 9.47 Å². The monoisotopic (exact) mass is 995 g/mol. The highest BCUT2D eigenvalue weighted by Gasteiger charge is 2.47. The van der Waals surface area contributed by atoms with Crippen molar-refractivity contribution in [2.24, 2.45) is 0 Å². The molecule has 2 aliphatic carbocycles. The van der Waals surface area contributed by atoms with Crippen molar-refractivity contribution in [3.63, 3.8) is 0 Å². The van der Waals surface area contributed by atoms with Crippen LogP contribution in [-0.4, -0.2) is 98.9 Å². The standard InChI is InChI=1S/C26H37F3N2O4.C26H35F3N2O4/c2*1-6-18(32)12-13-30-21-14-19(23(33)31(16(2)3)17-10-8-7-9-11-17)20(26(27,28)29)15-22(21)35-25(4,5)24(30)34/h14-18,32H,6-13H2,1-5H3;14-17H,6-13H2,1-5H3. The number of anilines is 2. The van der Waals surface area contributed by atoms with Gasteiger partial charge in [0.05, 0.1) is 39.7 Å². The Hall–Kier alpha value is -4.87. The lowest BCUT2D eigenvalue weighted by Crippen LogP contribution is -2.53. The fourth-order valence-corrected chi connectivity index (χ4v) is 10.0. The Kier molecular flexibility index (Phi) is 17.8. The van der Waals surface area contributed by atoms with Gasteiger partial charge in [0.2, 0.25) is 0 Å². The molecule has 2 aromatic rings. The third kappa shape index (κ3) is 12.6. The third-order valence-corrected chi connectivity index (χ3v) is 13.8. The summed E-state index contributed by atoms with van der Waals surface area (Å²) >= 11 is 0. The van der Waals surface area contributed by atoms with Crippen molar-refractivity contribution < 1.29 is 64.9 Å². The number of halogens is 6. The van der Waals surface area contributed by atoms with Crippen LogP contribution in [0.3, 0.4) is 0 Å². The van der Waals surface area contributed by atoms with Gasteiger partial charge in [0.25, 0.3) is 23.6 Å². The number of nitrogens with zero attached hydrogens (tertiary/aromatic N) is 4. The maximum Gasteiger partial charge on any atom is 0.417 e. The number of aliphatic hydroxyl groups excluding tert-OH is 1. The summed E-state index contributed by atoms with van der Waals surface area (Å²) in [5.41, 5.74) is -5.72. The van der Waals surface area contributed by atoms with E-state index in [-0.39, 0.29) is 85.2 Å². The molecule has 2 heterocycles. The van der Waals surface area contributed by atoms with Crippen molar-refractivity contribution in [3.05, 3.63) is 46.5 Å². The van der Waals surface area contributed by atoms with Crippen molar-refractivity contribution in [1.82, 2.24) is 9.80 Å². The van der Waals surface area contributed by atoms with Crippen LogP contribution in [-0.2, 0) is 26.7 Å². The minimum atomic E-state index is -4.80. The van der Waals surface area contributed by atoms with E-state index in [9.17, 15) is 55.4 Å². The van der Waals surface area contributed by atoms with Crippen LogP contribution in [0, 0.1) is 0 Å². The van der Waals surface area contributed by atoms with Gasteiger partial charge in [-0.25, -0.2) is 0 Å². The van der Waals surface area contributed by atoms with Crippen LogP contribution in [0.1, 0.15) is 191 Å². The maximum absolute atomic E-state index is 14.2. The first-order chi connectivity index (χ1) is 32.5. The van der Waals surface area contributed by atoms with E-state index in [1.165, 1.54) is 37.5 Å². The summed E-state index contributed by atoms with van der Waals surface area (Å²) in [5, 5.41) is 10.0. The van der Waals surface area contributed by atoms with E-state index < -0.39 is 75.5 Å². The average molecular weight is 995 g/mol. The number of alkyl halides is 6. The number of fused-ring (bicyclic) bond motifs is 2. The van der Waals surface area contributed by atoms with Crippen LogP contribution < -0.4 is 19.3 Å². The van der Waals surface area contributed by atoms with Gasteiger partial charge in [-0.3, -0.25) is 24.0 Å². The molecular formula is C52H72F6N4O8. The molecule has 18 heteroatoms. The smallest absolute Gasteiger partial charge is 0.417 e. The first-order valence-corrected chi connectivity index (χ1v) is 24.9. The Labute approximate surface area is 408 Å². The molecule has 70 heavy (non-hydrogen) atoms. The van der Waals surface area contributed by atoms with Crippen LogP contribution in [0.5, 0.6) is 11.5 Å². The van der Waals surface area contributed by atoms with Gasteiger partial charge in [-0.15, -0.1) is 0 Å². The second-order valence-corrected chi connectivity index (χ2v) is 20.6. The summed E-state index contributed by atoms with van der Waals surface area (Å²) < 4.78 is 96.6. The molecule has 2 aliphatic heterocycles. The highest BCUT2D eigenvalue weighted by molar-refractivity contribution is 6.06. The van der Waals surface area contributed by atoms with E-state index in [1.54, 1.807) is 30.6 Å². The summed E-state index contributed by atoms with van der Waals surface area (Å²) in [6.07, 6.45) is -0.337. The van der Waals surface area contributed by atoms with E-state index in [0.29, 0.717) is 6.42 Å². The predicted molar refractivity (Wildman–Crippen MR) is 254 cm³/mol. The van der Waals surface area contributed by atoms with E-state index in [2.05, 4.69) is 0 Å². The number of amides is 4. The molecule has 1 N–H and O–H groups in total. The second kappa shape index (κ2) is 22.3. The normalized spacial score (nSPS) is 18.8. The number of benzene rings is 2. The van der Waals surface area contributed by atoms with Gasteiger partial charge < -0.3 is 34.2 Å².